The SMILES string of the molecule is O=C(NCC1(O)CCOC1)C1(c2cccc(Cl)c2)CCC1. The molecule has 1 saturated heterocycles. The highest BCUT2D eigenvalue weighted by atomic mass is 35.5. The largest absolute Gasteiger partial charge is 0.386 e. The maximum Gasteiger partial charge on any atom is 0.230 e. The van der Waals surface area contributed by atoms with Crippen LogP contribution in [0.15, 0.2) is 24.3 Å². The monoisotopic (exact) mass is 309 g/mol. The van der Waals surface area contributed by atoms with Crippen molar-refractivity contribution in [1.82, 2.24) is 5.32 Å². The molecule has 2 aliphatic rings. The van der Waals surface area contributed by atoms with Gasteiger partial charge >= 0.3 is 0 Å². The minimum Gasteiger partial charge on any atom is -0.386 e. The maximum atomic E-state index is 12.7. The van der Waals surface area contributed by atoms with E-state index in [2.05, 4.69) is 5.32 Å². The van der Waals surface area contributed by atoms with Crippen LogP contribution in [0.2, 0.25) is 5.02 Å². The Morgan fingerprint density at radius 3 is 2.76 bits per heavy atom. The first-order chi connectivity index (χ1) is 10.0. The summed E-state index contributed by atoms with van der Waals surface area (Å²) >= 11 is 6.05. The number of carbonyl (C=O) groups is 1. The third-order valence-corrected chi connectivity index (χ3v) is 4.91. The summed E-state index contributed by atoms with van der Waals surface area (Å²) in [4.78, 5) is 12.7. The molecule has 21 heavy (non-hydrogen) atoms. The number of hydrogen-bond donors (Lipinski definition) is 2. The van der Waals surface area contributed by atoms with Crippen LogP contribution in [0.3, 0.4) is 0 Å². The fourth-order valence-electron chi connectivity index (χ4n) is 3.11. The van der Waals surface area contributed by atoms with E-state index in [-0.39, 0.29) is 19.1 Å². The van der Waals surface area contributed by atoms with Crippen LogP contribution in [-0.2, 0) is 14.9 Å². The van der Waals surface area contributed by atoms with Crippen molar-refractivity contribution in [3.63, 3.8) is 0 Å². The molecule has 2 N–H and O–H groups in total. The summed E-state index contributed by atoms with van der Waals surface area (Å²) in [6.07, 6.45) is 3.26. The second kappa shape index (κ2) is 5.59. The topological polar surface area (TPSA) is 58.6 Å². The van der Waals surface area contributed by atoms with Crippen LogP contribution in [-0.4, -0.2) is 36.4 Å². The van der Waals surface area contributed by atoms with Gasteiger partial charge in [0.15, 0.2) is 0 Å². The van der Waals surface area contributed by atoms with Gasteiger partial charge in [0.05, 0.1) is 12.0 Å². The molecule has 1 aromatic carbocycles. The Morgan fingerprint density at radius 1 is 1.38 bits per heavy atom. The highest BCUT2D eigenvalue weighted by Crippen LogP contribution is 2.44. The smallest absolute Gasteiger partial charge is 0.230 e. The number of benzene rings is 1. The fourth-order valence-corrected chi connectivity index (χ4v) is 3.30. The van der Waals surface area contributed by atoms with Crippen molar-refractivity contribution in [2.75, 3.05) is 19.8 Å². The van der Waals surface area contributed by atoms with Crippen LogP contribution in [0.5, 0.6) is 0 Å². The lowest BCUT2D eigenvalue weighted by Gasteiger charge is -2.41. The summed E-state index contributed by atoms with van der Waals surface area (Å²) in [6.45, 7) is 1.08. The van der Waals surface area contributed by atoms with Crippen molar-refractivity contribution in [2.45, 2.75) is 36.7 Å². The van der Waals surface area contributed by atoms with Gasteiger partial charge in [-0.1, -0.05) is 30.2 Å². The molecule has 114 valence electrons. The van der Waals surface area contributed by atoms with Crippen LogP contribution >= 0.6 is 11.6 Å². The molecule has 1 heterocycles. The van der Waals surface area contributed by atoms with E-state index in [0.717, 1.165) is 24.8 Å². The highest BCUT2D eigenvalue weighted by molar-refractivity contribution is 6.30. The number of halogens is 1. The molecule has 0 radical (unpaired) electrons. The molecule has 0 aromatic heterocycles. The maximum absolute atomic E-state index is 12.7. The Kier molecular flexibility index (Phi) is 3.95. The van der Waals surface area contributed by atoms with Crippen molar-refractivity contribution >= 4 is 17.5 Å². The molecule has 4 nitrogen and oxygen atoms in total. The molecule has 2 fully saturated rings. The molecule has 1 aliphatic carbocycles. The first kappa shape index (κ1) is 14.8. The van der Waals surface area contributed by atoms with Crippen LogP contribution < -0.4 is 5.32 Å². The lowest BCUT2D eigenvalue weighted by atomic mass is 9.63. The lowest BCUT2D eigenvalue weighted by molar-refractivity contribution is -0.131. The van der Waals surface area contributed by atoms with E-state index in [1.165, 1.54) is 0 Å². The molecule has 1 atom stereocenters. The third kappa shape index (κ3) is 2.80. The van der Waals surface area contributed by atoms with E-state index in [0.29, 0.717) is 18.1 Å². The molecule has 0 bridgehead atoms. The number of amides is 1. The quantitative estimate of drug-likeness (QED) is 0.895. The first-order valence-electron chi connectivity index (χ1n) is 7.39. The van der Waals surface area contributed by atoms with Gasteiger partial charge in [-0.2, -0.15) is 0 Å². The normalized spacial score (nSPS) is 27.1. The van der Waals surface area contributed by atoms with Gasteiger partial charge in [-0.15, -0.1) is 0 Å². The van der Waals surface area contributed by atoms with Gasteiger partial charge in [0.2, 0.25) is 5.91 Å². The zero-order chi connectivity index (χ0) is 14.9. The van der Waals surface area contributed by atoms with Crippen LogP contribution in [0.4, 0.5) is 0 Å². The molecule has 1 unspecified atom stereocenters. The number of ether oxygens (including phenoxy) is 1. The van der Waals surface area contributed by atoms with Crippen LogP contribution in [0, 0.1) is 0 Å². The molecule has 1 aromatic rings. The highest BCUT2D eigenvalue weighted by Gasteiger charge is 2.46. The summed E-state index contributed by atoms with van der Waals surface area (Å²) in [5.74, 6) is -0.0173. The summed E-state index contributed by atoms with van der Waals surface area (Å²) in [7, 11) is 0. The van der Waals surface area contributed by atoms with Crippen molar-refractivity contribution in [1.29, 1.82) is 0 Å². The van der Waals surface area contributed by atoms with Crippen molar-refractivity contribution < 1.29 is 14.6 Å². The summed E-state index contributed by atoms with van der Waals surface area (Å²) in [5.41, 5.74) is -0.441. The van der Waals surface area contributed by atoms with Gasteiger partial charge in [0.1, 0.15) is 5.60 Å². The van der Waals surface area contributed by atoms with E-state index in [4.69, 9.17) is 16.3 Å². The molecule has 3 rings (SSSR count). The van der Waals surface area contributed by atoms with Crippen LogP contribution in [0.1, 0.15) is 31.2 Å². The van der Waals surface area contributed by atoms with Crippen LogP contribution in [0.25, 0.3) is 0 Å². The van der Waals surface area contributed by atoms with Gasteiger partial charge in [0.25, 0.3) is 0 Å². The van der Waals surface area contributed by atoms with Crippen molar-refractivity contribution in [3.8, 4) is 0 Å². The van der Waals surface area contributed by atoms with E-state index in [1.807, 2.05) is 24.3 Å². The Hall–Kier alpha value is -1.10. The van der Waals surface area contributed by atoms with Gasteiger partial charge in [-0.25, -0.2) is 0 Å². The molecule has 0 spiro atoms. The molecule has 1 aliphatic heterocycles. The predicted octanol–water partition coefficient (Wildman–Crippen LogP) is 2.03. The molecule has 1 saturated carbocycles. The number of rotatable bonds is 4. The molecular formula is C16H20ClNO3. The molecule has 1 amide bonds. The summed E-state index contributed by atoms with van der Waals surface area (Å²) < 4.78 is 5.20. The lowest BCUT2D eigenvalue weighted by Crippen LogP contribution is -2.53. The minimum absolute atomic E-state index is 0.0173. The summed E-state index contributed by atoms with van der Waals surface area (Å²) in [6, 6.07) is 7.52. The minimum atomic E-state index is -0.922. The Balaban J connectivity index is 1.72. The molecule has 5 heteroatoms. The van der Waals surface area contributed by atoms with Gasteiger partial charge in [0, 0.05) is 24.6 Å². The molecular weight excluding hydrogens is 290 g/mol. The van der Waals surface area contributed by atoms with Crippen molar-refractivity contribution in [3.05, 3.63) is 34.9 Å². The standard InChI is InChI=1S/C16H20ClNO3/c17-13-4-1-3-12(9-13)16(5-2-6-16)14(19)18-10-15(20)7-8-21-11-15/h1,3-4,9,20H,2,5-8,10-11H2,(H,18,19). The van der Waals surface area contributed by atoms with Gasteiger partial charge in [-0.05, 0) is 30.5 Å². The average molecular weight is 310 g/mol. The number of carbonyl (C=O) groups excluding carboxylic acids is 1. The zero-order valence-electron chi connectivity index (χ0n) is 11.9. The van der Waals surface area contributed by atoms with Crippen molar-refractivity contribution in [2.24, 2.45) is 0 Å². The zero-order valence-corrected chi connectivity index (χ0v) is 12.7. The van der Waals surface area contributed by atoms with E-state index >= 15 is 0 Å². The van der Waals surface area contributed by atoms with Gasteiger partial charge < -0.3 is 15.2 Å². The fraction of sp³-hybridized carbons (Fsp3) is 0.562. The Morgan fingerprint density at radius 2 is 2.19 bits per heavy atom. The van der Waals surface area contributed by atoms with E-state index in [1.54, 1.807) is 0 Å². The number of nitrogens with one attached hydrogen (secondary N) is 1. The van der Waals surface area contributed by atoms with Gasteiger partial charge in [-0.3, -0.25) is 4.79 Å². The second-order valence-electron chi connectivity index (χ2n) is 6.16. The Bertz CT molecular complexity index is 536. The average Bonchev–Trinajstić information content (AvgIpc) is 2.83. The van der Waals surface area contributed by atoms with E-state index < -0.39 is 11.0 Å². The summed E-state index contributed by atoms with van der Waals surface area (Å²) in [5, 5.41) is 13.8. The number of hydrogen-bond acceptors (Lipinski definition) is 3. The first-order valence-corrected chi connectivity index (χ1v) is 7.76. The Labute approximate surface area is 129 Å². The third-order valence-electron chi connectivity index (χ3n) is 4.68. The predicted molar refractivity (Wildman–Crippen MR) is 80.4 cm³/mol. The van der Waals surface area contributed by atoms with E-state index in [9.17, 15) is 9.90 Å². The number of aliphatic hydroxyl groups is 1. The second-order valence-corrected chi connectivity index (χ2v) is 6.59.